The molecule has 1 atom stereocenters. The maximum absolute atomic E-state index is 12.5. The minimum Gasteiger partial charge on any atom is -0.449 e. The third kappa shape index (κ3) is 4.57. The summed E-state index contributed by atoms with van der Waals surface area (Å²) in [4.78, 5) is 24.9. The molecule has 1 unspecified atom stereocenters. The Morgan fingerprint density at radius 3 is 2.14 bits per heavy atom. The highest BCUT2D eigenvalue weighted by Crippen LogP contribution is 2.44. The highest BCUT2D eigenvalue weighted by atomic mass is 16.5. The van der Waals surface area contributed by atoms with Crippen LogP contribution in [-0.4, -0.2) is 36.2 Å². The fraction of sp³-hybridized carbons (Fsp3) is 0.333. The van der Waals surface area contributed by atoms with Crippen molar-refractivity contribution in [3.05, 3.63) is 71.8 Å². The number of hydrogen-bond acceptors (Lipinski definition) is 4. The Labute approximate surface area is 171 Å². The third-order valence-corrected chi connectivity index (χ3v) is 5.20. The van der Waals surface area contributed by atoms with Crippen LogP contribution in [0.25, 0.3) is 11.1 Å². The molecule has 152 valence electrons. The van der Waals surface area contributed by atoms with Crippen molar-refractivity contribution in [1.29, 1.82) is 0 Å². The van der Waals surface area contributed by atoms with E-state index >= 15 is 0 Å². The molecule has 1 aliphatic rings. The van der Waals surface area contributed by atoms with E-state index in [1.165, 1.54) is 0 Å². The van der Waals surface area contributed by atoms with Gasteiger partial charge in [-0.2, -0.15) is 0 Å². The molecule has 0 aromatic heterocycles. The van der Waals surface area contributed by atoms with E-state index in [1.807, 2.05) is 38.1 Å². The zero-order valence-electron chi connectivity index (χ0n) is 16.9. The number of rotatable bonds is 8. The largest absolute Gasteiger partial charge is 0.449 e. The second-order valence-corrected chi connectivity index (χ2v) is 7.78. The molecule has 5 nitrogen and oxygen atoms in total. The van der Waals surface area contributed by atoms with Crippen LogP contribution < -0.4 is 5.32 Å². The average Bonchev–Trinajstić information content (AvgIpc) is 3.04. The van der Waals surface area contributed by atoms with Crippen molar-refractivity contribution in [1.82, 2.24) is 5.32 Å². The lowest BCUT2D eigenvalue weighted by atomic mass is 9.97. The molecule has 0 aliphatic heterocycles. The van der Waals surface area contributed by atoms with Crippen LogP contribution in [0.1, 0.15) is 37.3 Å². The Kier molecular flexibility index (Phi) is 6.49. The van der Waals surface area contributed by atoms with Gasteiger partial charge in [-0.1, -0.05) is 69.0 Å². The first-order valence-electron chi connectivity index (χ1n) is 9.86. The molecule has 2 aromatic carbocycles. The van der Waals surface area contributed by atoms with Gasteiger partial charge >= 0.3 is 6.09 Å². The zero-order valence-corrected chi connectivity index (χ0v) is 16.9. The molecule has 1 aliphatic carbocycles. The van der Waals surface area contributed by atoms with Gasteiger partial charge in [-0.25, -0.2) is 4.79 Å². The van der Waals surface area contributed by atoms with Crippen molar-refractivity contribution in [2.24, 2.45) is 5.92 Å². The van der Waals surface area contributed by atoms with Crippen molar-refractivity contribution in [3.63, 3.8) is 0 Å². The number of ketones is 1. The predicted octanol–water partition coefficient (Wildman–Crippen LogP) is 4.06. The fourth-order valence-electron chi connectivity index (χ4n) is 3.81. The predicted molar refractivity (Wildman–Crippen MR) is 113 cm³/mol. The lowest BCUT2D eigenvalue weighted by molar-refractivity contribution is -0.118. The minimum atomic E-state index is -0.759. The third-order valence-electron chi connectivity index (χ3n) is 5.20. The maximum Gasteiger partial charge on any atom is 0.407 e. The molecule has 2 aromatic rings. The number of hydrogen-bond donors (Lipinski definition) is 2. The normalized spacial score (nSPS) is 13.5. The van der Waals surface area contributed by atoms with Crippen LogP contribution in [0, 0.1) is 5.92 Å². The first-order valence-corrected chi connectivity index (χ1v) is 9.86. The van der Waals surface area contributed by atoms with Gasteiger partial charge in [-0.3, -0.25) is 4.79 Å². The summed E-state index contributed by atoms with van der Waals surface area (Å²) in [5.74, 6) is -0.223. The Bertz CT molecular complexity index is 873. The van der Waals surface area contributed by atoms with Gasteiger partial charge in [0.1, 0.15) is 6.61 Å². The van der Waals surface area contributed by atoms with Crippen molar-refractivity contribution < 1.29 is 19.4 Å². The van der Waals surface area contributed by atoms with E-state index in [9.17, 15) is 14.7 Å². The Morgan fingerprint density at radius 2 is 1.62 bits per heavy atom. The molecule has 0 saturated carbocycles. The highest BCUT2D eigenvalue weighted by molar-refractivity contribution is 6.00. The van der Waals surface area contributed by atoms with Crippen LogP contribution in [0.2, 0.25) is 0 Å². The molecular formula is C24H27NO4. The topological polar surface area (TPSA) is 75.6 Å². The number of fused-ring (bicyclic) bond motifs is 3. The Balaban J connectivity index is 1.70. The number of benzene rings is 2. The summed E-state index contributed by atoms with van der Waals surface area (Å²) in [6, 6.07) is 15.5. The molecule has 0 bridgehead atoms. The smallest absolute Gasteiger partial charge is 0.407 e. The van der Waals surface area contributed by atoms with Crippen LogP contribution in [-0.2, 0) is 9.53 Å². The van der Waals surface area contributed by atoms with Gasteiger partial charge < -0.3 is 15.2 Å². The number of amides is 1. The fourth-order valence-corrected chi connectivity index (χ4v) is 3.81. The van der Waals surface area contributed by atoms with E-state index in [4.69, 9.17) is 4.74 Å². The minimum absolute atomic E-state index is 0.0418. The van der Waals surface area contributed by atoms with Gasteiger partial charge in [0.05, 0.1) is 12.6 Å². The van der Waals surface area contributed by atoms with Gasteiger partial charge in [0.15, 0.2) is 5.78 Å². The van der Waals surface area contributed by atoms with Crippen molar-refractivity contribution >= 4 is 11.9 Å². The summed E-state index contributed by atoms with van der Waals surface area (Å²) in [5, 5.41) is 11.8. The summed E-state index contributed by atoms with van der Waals surface area (Å²) >= 11 is 0. The highest BCUT2D eigenvalue weighted by Gasteiger charge is 2.30. The Morgan fingerprint density at radius 1 is 1.07 bits per heavy atom. The van der Waals surface area contributed by atoms with Gasteiger partial charge in [-0.05, 0) is 34.6 Å². The standard InChI is InChI=1S/C24H27NO4/c1-15(2)12-22(23(27)16(3)13-26)25-24(28)29-14-21-19-10-6-4-8-17(19)18-9-5-7-11-20(18)21/h4-11,15,21-22,26H,3,12-14H2,1-2H3,(H,25,28). The number of alkyl carbamates (subject to hydrolysis) is 1. The van der Waals surface area contributed by atoms with E-state index in [1.54, 1.807) is 0 Å². The number of carbonyl (C=O) groups excluding carboxylic acids is 2. The molecule has 0 fully saturated rings. The quantitative estimate of drug-likeness (QED) is 0.663. The van der Waals surface area contributed by atoms with Crippen LogP contribution in [0.4, 0.5) is 4.79 Å². The molecular weight excluding hydrogens is 366 g/mol. The van der Waals surface area contributed by atoms with Crippen LogP contribution >= 0.6 is 0 Å². The lowest BCUT2D eigenvalue weighted by Gasteiger charge is -2.21. The number of carbonyl (C=O) groups is 2. The first kappa shape index (κ1) is 20.8. The molecule has 5 heteroatoms. The molecule has 0 spiro atoms. The summed E-state index contributed by atoms with van der Waals surface area (Å²) in [5.41, 5.74) is 4.65. The van der Waals surface area contributed by atoms with Crippen molar-refractivity contribution in [2.75, 3.05) is 13.2 Å². The molecule has 29 heavy (non-hydrogen) atoms. The number of aliphatic hydroxyl groups excluding tert-OH is 1. The van der Waals surface area contributed by atoms with Crippen molar-refractivity contribution in [2.45, 2.75) is 32.2 Å². The second-order valence-electron chi connectivity index (χ2n) is 7.78. The van der Waals surface area contributed by atoms with Crippen molar-refractivity contribution in [3.8, 4) is 11.1 Å². The van der Waals surface area contributed by atoms with Crippen LogP contribution in [0.5, 0.6) is 0 Å². The summed E-state index contributed by atoms with van der Waals surface area (Å²) < 4.78 is 5.52. The number of Topliss-reactive ketones (excluding diaryl/α,β-unsaturated/α-hetero) is 1. The van der Waals surface area contributed by atoms with Gasteiger partial charge in [-0.15, -0.1) is 0 Å². The first-order chi connectivity index (χ1) is 13.9. The number of nitrogens with one attached hydrogen (secondary N) is 1. The van der Waals surface area contributed by atoms with E-state index in [0.717, 1.165) is 22.3 Å². The number of aliphatic hydroxyl groups is 1. The van der Waals surface area contributed by atoms with E-state index in [-0.39, 0.29) is 29.8 Å². The molecule has 0 saturated heterocycles. The second kappa shape index (κ2) is 9.05. The zero-order chi connectivity index (χ0) is 21.0. The van der Waals surface area contributed by atoms with Gasteiger partial charge in [0.25, 0.3) is 0 Å². The maximum atomic E-state index is 12.5. The summed E-state index contributed by atoms with van der Waals surface area (Å²) in [7, 11) is 0. The molecule has 0 radical (unpaired) electrons. The Hall–Kier alpha value is -2.92. The monoisotopic (exact) mass is 393 g/mol. The van der Waals surface area contributed by atoms with E-state index < -0.39 is 18.7 Å². The molecule has 3 rings (SSSR count). The van der Waals surface area contributed by atoms with Gasteiger partial charge in [0, 0.05) is 11.5 Å². The molecule has 2 N–H and O–H groups in total. The summed E-state index contributed by atoms with van der Waals surface area (Å²) in [6.07, 6.45) is -0.196. The van der Waals surface area contributed by atoms with E-state index in [0.29, 0.717) is 6.42 Å². The van der Waals surface area contributed by atoms with Crippen LogP contribution in [0.15, 0.2) is 60.7 Å². The van der Waals surface area contributed by atoms with Crippen LogP contribution in [0.3, 0.4) is 0 Å². The van der Waals surface area contributed by atoms with E-state index in [2.05, 4.69) is 36.2 Å². The SMILES string of the molecule is C=C(CO)C(=O)C(CC(C)C)NC(=O)OCC1c2ccccc2-c2ccccc21. The molecule has 1 amide bonds. The number of ether oxygens (including phenoxy) is 1. The average molecular weight is 393 g/mol. The summed E-state index contributed by atoms with van der Waals surface area (Å²) in [6.45, 7) is 7.25. The lowest BCUT2D eigenvalue weighted by Crippen LogP contribution is -2.43. The molecule has 0 heterocycles. The van der Waals surface area contributed by atoms with Gasteiger partial charge in [0.2, 0.25) is 0 Å².